The molecular formula is C15H32N2. The van der Waals surface area contributed by atoms with Gasteiger partial charge in [0.25, 0.3) is 0 Å². The molecule has 0 bridgehead atoms. The van der Waals surface area contributed by atoms with Gasteiger partial charge in [0.1, 0.15) is 0 Å². The Morgan fingerprint density at radius 2 is 2.12 bits per heavy atom. The van der Waals surface area contributed by atoms with Crippen molar-refractivity contribution in [3.8, 4) is 0 Å². The van der Waals surface area contributed by atoms with Gasteiger partial charge in [-0.1, -0.05) is 33.1 Å². The maximum Gasteiger partial charge on any atom is 0.0110 e. The van der Waals surface area contributed by atoms with Gasteiger partial charge in [0, 0.05) is 12.1 Å². The molecule has 0 radical (unpaired) electrons. The van der Waals surface area contributed by atoms with E-state index in [0.717, 1.165) is 12.1 Å². The smallest absolute Gasteiger partial charge is 0.0110 e. The first-order valence-corrected chi connectivity index (χ1v) is 7.73. The molecule has 0 saturated carbocycles. The van der Waals surface area contributed by atoms with E-state index in [-0.39, 0.29) is 0 Å². The molecule has 102 valence electrons. The Labute approximate surface area is 108 Å². The number of rotatable bonds is 8. The molecule has 0 aromatic carbocycles. The first kappa shape index (κ1) is 15.0. The van der Waals surface area contributed by atoms with Crippen LogP contribution in [0.2, 0.25) is 0 Å². The minimum absolute atomic E-state index is 0.845. The van der Waals surface area contributed by atoms with Crippen molar-refractivity contribution in [3.05, 3.63) is 0 Å². The molecule has 1 fully saturated rings. The summed E-state index contributed by atoms with van der Waals surface area (Å²) in [5.74, 6) is 0. The Kier molecular flexibility index (Phi) is 7.87. The van der Waals surface area contributed by atoms with Crippen LogP contribution in [-0.4, -0.2) is 37.1 Å². The van der Waals surface area contributed by atoms with Crippen molar-refractivity contribution in [2.24, 2.45) is 0 Å². The van der Waals surface area contributed by atoms with Crippen LogP contribution in [0.5, 0.6) is 0 Å². The van der Waals surface area contributed by atoms with Crippen molar-refractivity contribution in [1.29, 1.82) is 0 Å². The van der Waals surface area contributed by atoms with Crippen molar-refractivity contribution in [1.82, 2.24) is 10.2 Å². The van der Waals surface area contributed by atoms with Crippen LogP contribution in [0, 0.1) is 0 Å². The average molecular weight is 240 g/mol. The molecular weight excluding hydrogens is 208 g/mol. The number of nitrogens with one attached hydrogen (secondary N) is 1. The minimum atomic E-state index is 0.845. The fourth-order valence-corrected chi connectivity index (χ4v) is 3.17. The quantitative estimate of drug-likeness (QED) is 0.699. The van der Waals surface area contributed by atoms with Crippen LogP contribution in [0.15, 0.2) is 0 Å². The standard InChI is InChI=1S/C15H32N2/c1-4-6-9-14(5-2)17-13-8-7-10-15(17)11-12-16-3/h14-16H,4-13H2,1-3H3. The minimum Gasteiger partial charge on any atom is -0.320 e. The maximum absolute atomic E-state index is 3.31. The van der Waals surface area contributed by atoms with Gasteiger partial charge in [0.05, 0.1) is 0 Å². The van der Waals surface area contributed by atoms with E-state index in [0.29, 0.717) is 0 Å². The number of nitrogens with zero attached hydrogens (tertiary/aromatic N) is 1. The molecule has 2 nitrogen and oxygen atoms in total. The summed E-state index contributed by atoms with van der Waals surface area (Å²) < 4.78 is 0. The third-order valence-electron chi connectivity index (χ3n) is 4.23. The molecule has 2 atom stereocenters. The van der Waals surface area contributed by atoms with Gasteiger partial charge in [-0.2, -0.15) is 0 Å². The number of piperidine rings is 1. The Hall–Kier alpha value is -0.0800. The third-order valence-corrected chi connectivity index (χ3v) is 4.23. The Morgan fingerprint density at radius 3 is 2.76 bits per heavy atom. The number of hydrogen-bond donors (Lipinski definition) is 1. The van der Waals surface area contributed by atoms with E-state index in [1.807, 2.05) is 0 Å². The normalized spacial score (nSPS) is 23.8. The van der Waals surface area contributed by atoms with Crippen molar-refractivity contribution in [3.63, 3.8) is 0 Å². The Balaban J connectivity index is 2.48. The van der Waals surface area contributed by atoms with Gasteiger partial charge < -0.3 is 5.32 Å². The summed E-state index contributed by atoms with van der Waals surface area (Å²) >= 11 is 0. The molecule has 0 aliphatic carbocycles. The highest BCUT2D eigenvalue weighted by Gasteiger charge is 2.26. The predicted molar refractivity (Wildman–Crippen MR) is 76.5 cm³/mol. The molecule has 0 aromatic rings. The predicted octanol–water partition coefficient (Wildman–Crippen LogP) is 3.42. The third kappa shape index (κ3) is 4.97. The van der Waals surface area contributed by atoms with Crippen molar-refractivity contribution >= 4 is 0 Å². The average Bonchev–Trinajstić information content (AvgIpc) is 2.38. The molecule has 1 aliphatic rings. The van der Waals surface area contributed by atoms with Crippen molar-refractivity contribution in [2.75, 3.05) is 20.1 Å². The van der Waals surface area contributed by atoms with Crippen LogP contribution in [0.25, 0.3) is 0 Å². The summed E-state index contributed by atoms with van der Waals surface area (Å²) in [7, 11) is 2.07. The zero-order valence-corrected chi connectivity index (χ0v) is 12.2. The van der Waals surface area contributed by atoms with Crippen molar-refractivity contribution in [2.45, 2.75) is 77.3 Å². The first-order valence-electron chi connectivity index (χ1n) is 7.73. The SMILES string of the molecule is CCCCC(CC)N1CCCCC1CCNC. The zero-order valence-electron chi connectivity index (χ0n) is 12.2. The molecule has 17 heavy (non-hydrogen) atoms. The van der Waals surface area contributed by atoms with Crippen LogP contribution in [0.1, 0.15) is 65.2 Å². The largest absolute Gasteiger partial charge is 0.320 e. The van der Waals surface area contributed by atoms with Crippen molar-refractivity contribution < 1.29 is 0 Å². The van der Waals surface area contributed by atoms with Gasteiger partial charge in [-0.3, -0.25) is 4.90 Å². The molecule has 1 rings (SSSR count). The second kappa shape index (κ2) is 8.93. The molecule has 1 heterocycles. The molecule has 1 N–H and O–H groups in total. The second-order valence-electron chi connectivity index (χ2n) is 5.48. The van der Waals surface area contributed by atoms with Crippen LogP contribution in [-0.2, 0) is 0 Å². The molecule has 0 aromatic heterocycles. The first-order chi connectivity index (χ1) is 8.33. The van der Waals surface area contributed by atoms with Gasteiger partial charge >= 0.3 is 0 Å². The van der Waals surface area contributed by atoms with Gasteiger partial charge in [0.2, 0.25) is 0 Å². The highest BCUT2D eigenvalue weighted by atomic mass is 15.2. The maximum atomic E-state index is 3.31. The van der Waals surface area contributed by atoms with Gasteiger partial charge in [0.15, 0.2) is 0 Å². The summed E-state index contributed by atoms with van der Waals surface area (Å²) in [6, 6.07) is 1.69. The molecule has 0 spiro atoms. The summed E-state index contributed by atoms with van der Waals surface area (Å²) in [5.41, 5.74) is 0. The van der Waals surface area contributed by atoms with Crippen LogP contribution in [0.4, 0.5) is 0 Å². The summed E-state index contributed by atoms with van der Waals surface area (Å²) in [4.78, 5) is 2.83. The van der Waals surface area contributed by atoms with Crippen LogP contribution in [0.3, 0.4) is 0 Å². The van der Waals surface area contributed by atoms with E-state index in [4.69, 9.17) is 0 Å². The topological polar surface area (TPSA) is 15.3 Å². The van der Waals surface area contributed by atoms with E-state index in [1.54, 1.807) is 0 Å². The second-order valence-corrected chi connectivity index (χ2v) is 5.48. The Bertz CT molecular complexity index is 172. The lowest BCUT2D eigenvalue weighted by molar-refractivity contribution is 0.0803. The van der Waals surface area contributed by atoms with Crippen LogP contribution < -0.4 is 5.32 Å². The molecule has 0 amide bonds. The lowest BCUT2D eigenvalue weighted by Crippen LogP contribution is -2.47. The van der Waals surface area contributed by atoms with Crippen LogP contribution >= 0.6 is 0 Å². The fourth-order valence-electron chi connectivity index (χ4n) is 3.17. The fraction of sp³-hybridized carbons (Fsp3) is 1.00. The van der Waals surface area contributed by atoms with Gasteiger partial charge in [-0.25, -0.2) is 0 Å². The molecule has 2 unspecified atom stereocenters. The van der Waals surface area contributed by atoms with E-state index in [1.165, 1.54) is 64.5 Å². The van der Waals surface area contributed by atoms with E-state index >= 15 is 0 Å². The number of hydrogen-bond acceptors (Lipinski definition) is 2. The molecule has 1 saturated heterocycles. The zero-order chi connectivity index (χ0) is 12.5. The number of unbranched alkanes of at least 4 members (excludes halogenated alkanes) is 1. The summed E-state index contributed by atoms with van der Waals surface area (Å²) in [6.07, 6.45) is 11.1. The summed E-state index contributed by atoms with van der Waals surface area (Å²) in [5, 5.41) is 3.31. The summed E-state index contributed by atoms with van der Waals surface area (Å²) in [6.45, 7) is 7.19. The molecule has 1 aliphatic heterocycles. The Morgan fingerprint density at radius 1 is 1.29 bits per heavy atom. The van der Waals surface area contributed by atoms with Gasteiger partial charge in [-0.05, 0) is 52.2 Å². The molecule has 2 heteroatoms. The highest BCUT2D eigenvalue weighted by molar-refractivity contribution is 4.82. The monoisotopic (exact) mass is 240 g/mol. The van der Waals surface area contributed by atoms with E-state index in [2.05, 4.69) is 31.1 Å². The lowest BCUT2D eigenvalue weighted by atomic mass is 9.94. The number of likely N-dealkylation sites (tertiary alicyclic amines) is 1. The highest BCUT2D eigenvalue weighted by Crippen LogP contribution is 2.25. The van der Waals surface area contributed by atoms with Gasteiger partial charge in [-0.15, -0.1) is 0 Å². The van der Waals surface area contributed by atoms with E-state index < -0.39 is 0 Å². The lowest BCUT2D eigenvalue weighted by Gasteiger charge is -2.41. The van der Waals surface area contributed by atoms with E-state index in [9.17, 15) is 0 Å².